The smallest absolute Gasteiger partial charge is 0.414 e. The van der Waals surface area contributed by atoms with Crippen LogP contribution in [0.3, 0.4) is 0 Å². The summed E-state index contributed by atoms with van der Waals surface area (Å²) in [7, 11) is 1.59. The van der Waals surface area contributed by atoms with Gasteiger partial charge in [0.05, 0.1) is 0 Å². The molecule has 60 valence electrons. The molecule has 0 amide bonds. The Kier molecular flexibility index (Phi) is 7.92. The third kappa shape index (κ3) is 6.58. The van der Waals surface area contributed by atoms with Crippen molar-refractivity contribution in [3.63, 3.8) is 0 Å². The van der Waals surface area contributed by atoms with Crippen molar-refractivity contribution in [2.45, 2.75) is 19.7 Å². The minimum atomic E-state index is -0.0599. The van der Waals surface area contributed by atoms with Gasteiger partial charge in [-0.2, -0.15) is 0 Å². The van der Waals surface area contributed by atoms with E-state index in [9.17, 15) is 0 Å². The molecular weight excluding hydrogens is 195 g/mol. The summed E-state index contributed by atoms with van der Waals surface area (Å²) in [4.78, 5) is 0. The Hall–Kier alpha value is 0.465. The molecule has 0 spiro atoms. The molecule has 0 aromatic rings. The van der Waals surface area contributed by atoms with Crippen molar-refractivity contribution in [1.29, 1.82) is 0 Å². The molecule has 4 heteroatoms. The Balaban J connectivity index is 2.89. The second-order valence-electron chi connectivity index (χ2n) is 2.07. The van der Waals surface area contributed by atoms with Crippen LogP contribution in [0.15, 0.2) is 0 Å². The maximum Gasteiger partial charge on any atom is 0.453 e. The molecule has 0 bridgehead atoms. The fraction of sp³-hybridized carbons (Fsp3) is 1.00. The monoisotopic (exact) mass is 208 g/mol. The molecule has 10 heavy (non-hydrogen) atoms. The Morgan fingerprint density at radius 2 is 2.10 bits per heavy atom. The van der Waals surface area contributed by atoms with E-state index in [0.29, 0.717) is 0 Å². The molecule has 0 aliphatic carbocycles. The van der Waals surface area contributed by atoms with Crippen LogP contribution < -0.4 is 0 Å². The summed E-state index contributed by atoms with van der Waals surface area (Å²) in [5.41, 5.74) is 0. The quantitative estimate of drug-likeness (QED) is 0.378. The summed E-state index contributed by atoms with van der Waals surface area (Å²) in [6, 6.07) is 0. The van der Waals surface area contributed by atoms with Gasteiger partial charge in [0.2, 0.25) is 0 Å². The molecule has 0 saturated heterocycles. The van der Waals surface area contributed by atoms with Crippen LogP contribution in [-0.2, 0) is 9.31 Å². The van der Waals surface area contributed by atoms with E-state index >= 15 is 0 Å². The van der Waals surface area contributed by atoms with Crippen LogP contribution in [0.5, 0.6) is 0 Å². The minimum Gasteiger partial charge on any atom is -0.414 e. The van der Waals surface area contributed by atoms with Gasteiger partial charge in [-0.15, -0.1) is 0 Å². The predicted octanol–water partition coefficient (Wildman–Crippen LogP) is 1.94. The maximum absolute atomic E-state index is 5.25. The molecular formula is C6H14BBrO2. The molecule has 0 aromatic carbocycles. The summed E-state index contributed by atoms with van der Waals surface area (Å²) in [5, 5.41) is 1.05. The predicted molar refractivity (Wildman–Crippen MR) is 47.6 cm³/mol. The van der Waals surface area contributed by atoms with Gasteiger partial charge in [-0.05, 0) is 19.7 Å². The van der Waals surface area contributed by atoms with Gasteiger partial charge in [0.25, 0.3) is 0 Å². The van der Waals surface area contributed by atoms with Crippen LogP contribution in [-0.4, -0.2) is 26.2 Å². The van der Waals surface area contributed by atoms with Gasteiger partial charge in [-0.25, -0.2) is 0 Å². The average Bonchev–Trinajstić information content (AvgIpc) is 1.98. The van der Waals surface area contributed by atoms with E-state index in [2.05, 4.69) is 15.9 Å². The summed E-state index contributed by atoms with van der Waals surface area (Å²) >= 11 is 3.35. The van der Waals surface area contributed by atoms with E-state index < -0.39 is 0 Å². The van der Waals surface area contributed by atoms with Crippen LogP contribution >= 0.6 is 15.9 Å². The van der Waals surface area contributed by atoms with Gasteiger partial charge < -0.3 is 9.31 Å². The SMILES string of the molecule is COB(C)OCCCCBr. The van der Waals surface area contributed by atoms with Gasteiger partial charge in [0.1, 0.15) is 0 Å². The zero-order chi connectivity index (χ0) is 7.82. The normalized spacial score (nSPS) is 9.90. The van der Waals surface area contributed by atoms with E-state index in [1.54, 1.807) is 7.11 Å². The fourth-order valence-electron chi connectivity index (χ4n) is 0.514. The topological polar surface area (TPSA) is 18.5 Å². The van der Waals surface area contributed by atoms with Crippen LogP contribution in [0, 0.1) is 0 Å². The molecule has 0 aliphatic heterocycles. The van der Waals surface area contributed by atoms with E-state index in [1.807, 2.05) is 6.82 Å². The van der Waals surface area contributed by atoms with Crippen LogP contribution in [0.25, 0.3) is 0 Å². The summed E-state index contributed by atoms with van der Waals surface area (Å²) < 4.78 is 10.1. The van der Waals surface area contributed by atoms with Gasteiger partial charge in [-0.1, -0.05) is 15.9 Å². The molecule has 0 aromatic heterocycles. The zero-order valence-corrected chi connectivity index (χ0v) is 8.19. The number of halogens is 1. The highest BCUT2D eigenvalue weighted by atomic mass is 79.9. The lowest BCUT2D eigenvalue weighted by Gasteiger charge is -2.05. The number of alkyl halides is 1. The molecule has 0 aliphatic rings. The van der Waals surface area contributed by atoms with Gasteiger partial charge >= 0.3 is 7.12 Å². The summed E-state index contributed by atoms with van der Waals surface area (Å²) in [6.07, 6.45) is 2.26. The first-order chi connectivity index (χ1) is 4.81. The fourth-order valence-corrected chi connectivity index (χ4v) is 0.910. The van der Waals surface area contributed by atoms with Crippen molar-refractivity contribution in [1.82, 2.24) is 0 Å². The molecule has 0 fully saturated rings. The van der Waals surface area contributed by atoms with Gasteiger partial charge in [0, 0.05) is 19.0 Å². The van der Waals surface area contributed by atoms with Crippen molar-refractivity contribution in [3.8, 4) is 0 Å². The first kappa shape index (κ1) is 10.5. The van der Waals surface area contributed by atoms with Crippen molar-refractivity contribution in [2.75, 3.05) is 19.0 Å². The molecule has 0 radical (unpaired) electrons. The number of hydrogen-bond donors (Lipinski definition) is 0. The minimum absolute atomic E-state index is 0.0599. The lowest BCUT2D eigenvalue weighted by atomic mass is 9.96. The van der Waals surface area contributed by atoms with E-state index in [4.69, 9.17) is 9.31 Å². The van der Waals surface area contributed by atoms with Crippen molar-refractivity contribution < 1.29 is 9.31 Å². The van der Waals surface area contributed by atoms with E-state index in [0.717, 1.165) is 24.8 Å². The largest absolute Gasteiger partial charge is 0.453 e. The first-order valence-corrected chi connectivity index (χ1v) is 4.63. The molecule has 0 saturated carbocycles. The van der Waals surface area contributed by atoms with Crippen molar-refractivity contribution in [3.05, 3.63) is 0 Å². The number of hydrogen-bond acceptors (Lipinski definition) is 2. The lowest BCUT2D eigenvalue weighted by Crippen LogP contribution is -2.16. The molecule has 0 rings (SSSR count). The lowest BCUT2D eigenvalue weighted by molar-refractivity contribution is 0.231. The van der Waals surface area contributed by atoms with Crippen molar-refractivity contribution in [2.24, 2.45) is 0 Å². The second kappa shape index (κ2) is 7.57. The Bertz CT molecular complexity index is 72.8. The maximum atomic E-state index is 5.25. The average molecular weight is 209 g/mol. The molecule has 2 nitrogen and oxygen atoms in total. The number of unbranched alkanes of at least 4 members (excludes halogenated alkanes) is 1. The highest BCUT2D eigenvalue weighted by Gasteiger charge is 2.05. The Labute approximate surface area is 71.6 Å². The highest BCUT2D eigenvalue weighted by Crippen LogP contribution is 1.95. The first-order valence-electron chi connectivity index (χ1n) is 3.51. The third-order valence-corrected chi connectivity index (χ3v) is 1.77. The van der Waals surface area contributed by atoms with Crippen LogP contribution in [0.1, 0.15) is 12.8 Å². The molecule has 0 N–H and O–H groups in total. The summed E-state index contributed by atoms with van der Waals surface area (Å²) in [6.45, 7) is 2.69. The van der Waals surface area contributed by atoms with Crippen LogP contribution in [0.2, 0.25) is 6.82 Å². The van der Waals surface area contributed by atoms with E-state index in [1.165, 1.54) is 0 Å². The number of rotatable bonds is 6. The van der Waals surface area contributed by atoms with Gasteiger partial charge in [0.15, 0.2) is 0 Å². The zero-order valence-electron chi connectivity index (χ0n) is 6.60. The third-order valence-electron chi connectivity index (χ3n) is 1.21. The van der Waals surface area contributed by atoms with E-state index in [-0.39, 0.29) is 7.12 Å². The second-order valence-corrected chi connectivity index (χ2v) is 2.86. The summed E-state index contributed by atoms with van der Waals surface area (Å²) in [5.74, 6) is 0. The van der Waals surface area contributed by atoms with Gasteiger partial charge in [-0.3, -0.25) is 0 Å². The molecule has 0 unspecified atom stereocenters. The van der Waals surface area contributed by atoms with Crippen LogP contribution in [0.4, 0.5) is 0 Å². The highest BCUT2D eigenvalue weighted by molar-refractivity contribution is 9.09. The molecule has 0 atom stereocenters. The molecule has 0 heterocycles. The Morgan fingerprint density at radius 3 is 2.60 bits per heavy atom. The van der Waals surface area contributed by atoms with Crippen molar-refractivity contribution >= 4 is 23.0 Å². The standard InChI is InChI=1S/C6H14BBrO2/c1-7(9-2)10-6-4-3-5-8/h3-6H2,1-2H3. The Morgan fingerprint density at radius 1 is 1.40 bits per heavy atom.